The van der Waals surface area contributed by atoms with Gasteiger partial charge < -0.3 is 5.11 Å². The van der Waals surface area contributed by atoms with Crippen LogP contribution in [0, 0.1) is 24.7 Å². The van der Waals surface area contributed by atoms with Crippen molar-refractivity contribution in [2.75, 3.05) is 4.90 Å². The van der Waals surface area contributed by atoms with Crippen molar-refractivity contribution >= 4 is 29.5 Å². The Morgan fingerprint density at radius 2 is 1.75 bits per heavy atom. The number of carbonyl (C=O) groups excluding carboxylic acids is 2. The lowest BCUT2D eigenvalue weighted by Crippen LogP contribution is -2.57. The molecule has 2 fully saturated rings. The van der Waals surface area contributed by atoms with E-state index in [4.69, 9.17) is 0 Å². The van der Waals surface area contributed by atoms with Gasteiger partial charge in [0, 0.05) is 6.04 Å². The molecule has 166 valence electrons. The Bertz CT molecular complexity index is 1080. The minimum Gasteiger partial charge on any atom is -0.480 e. The van der Waals surface area contributed by atoms with Gasteiger partial charge in [0.1, 0.15) is 5.54 Å². The summed E-state index contributed by atoms with van der Waals surface area (Å²) in [6, 6.07) is 16.2. The smallest absolute Gasteiger partial charge is 0.324 e. The average molecular weight is 433 g/mol. The lowest BCUT2D eigenvalue weighted by Gasteiger charge is -2.32. The predicted molar refractivity (Wildman–Crippen MR) is 123 cm³/mol. The maximum absolute atomic E-state index is 13.6. The number of hydrogen-bond donors (Lipinski definition) is 2. The van der Waals surface area contributed by atoms with Crippen LogP contribution < -0.4 is 10.2 Å². The number of carbonyl (C=O) groups is 3. The van der Waals surface area contributed by atoms with Crippen LogP contribution in [0.1, 0.15) is 31.4 Å². The Labute approximate surface area is 187 Å². The van der Waals surface area contributed by atoms with Gasteiger partial charge >= 0.3 is 5.97 Å². The number of imide groups is 1. The first-order valence-electron chi connectivity index (χ1n) is 10.9. The van der Waals surface area contributed by atoms with Crippen LogP contribution in [0.4, 0.5) is 5.69 Å². The zero-order valence-corrected chi connectivity index (χ0v) is 18.5. The van der Waals surface area contributed by atoms with Crippen molar-refractivity contribution in [3.8, 4) is 0 Å². The summed E-state index contributed by atoms with van der Waals surface area (Å²) in [5.41, 5.74) is 0.749. The van der Waals surface area contributed by atoms with Gasteiger partial charge in [-0.3, -0.25) is 19.7 Å². The van der Waals surface area contributed by atoms with Crippen molar-refractivity contribution < 1.29 is 19.5 Å². The number of rotatable bonds is 6. The molecule has 2 saturated heterocycles. The molecule has 0 bridgehead atoms. The third kappa shape index (κ3) is 3.54. The van der Waals surface area contributed by atoms with Crippen molar-refractivity contribution in [1.29, 1.82) is 0 Å². The Kier molecular flexibility index (Phi) is 5.73. The number of anilines is 1. The summed E-state index contributed by atoms with van der Waals surface area (Å²) in [5.74, 6) is -3.62. The largest absolute Gasteiger partial charge is 0.480 e. The number of amides is 2. The fourth-order valence-electron chi connectivity index (χ4n) is 5.16. The molecule has 6 nitrogen and oxygen atoms in total. The Morgan fingerprint density at radius 1 is 1.09 bits per heavy atom. The van der Waals surface area contributed by atoms with Crippen LogP contribution in [0.25, 0.3) is 6.08 Å². The summed E-state index contributed by atoms with van der Waals surface area (Å²) in [6.45, 7) is 5.69. The van der Waals surface area contributed by atoms with E-state index in [0.717, 1.165) is 11.1 Å². The van der Waals surface area contributed by atoms with Gasteiger partial charge in [-0.2, -0.15) is 0 Å². The number of carboxylic acid groups (broad SMARTS) is 1. The predicted octanol–water partition coefficient (Wildman–Crippen LogP) is 3.66. The minimum atomic E-state index is -1.51. The number of nitrogens with zero attached hydrogens (tertiary/aromatic N) is 1. The van der Waals surface area contributed by atoms with E-state index < -0.39 is 35.3 Å². The first-order valence-corrected chi connectivity index (χ1v) is 10.9. The van der Waals surface area contributed by atoms with Crippen molar-refractivity contribution in [2.45, 2.75) is 38.8 Å². The quantitative estimate of drug-likeness (QED) is 0.681. The maximum Gasteiger partial charge on any atom is 0.324 e. The number of para-hydroxylation sites is 1. The van der Waals surface area contributed by atoms with Gasteiger partial charge in [0.25, 0.3) is 0 Å². The standard InChI is InChI=1S/C26H28N2O4/c1-16(2)15-26(25(31)32)22-21(19(27-26)14-13-18-10-5-4-6-11-18)23(29)28(24(22)30)20-12-8-7-9-17(20)3/h4-14,16,19,21-22,27H,15H2,1-3H3,(H,31,32). The van der Waals surface area contributed by atoms with Gasteiger partial charge in [-0.25, -0.2) is 4.90 Å². The normalized spacial score (nSPS) is 27.5. The van der Waals surface area contributed by atoms with E-state index in [1.165, 1.54) is 4.90 Å². The van der Waals surface area contributed by atoms with Gasteiger partial charge in [0.15, 0.2) is 0 Å². The van der Waals surface area contributed by atoms with Gasteiger partial charge in [-0.05, 0) is 36.5 Å². The zero-order chi connectivity index (χ0) is 23.0. The monoisotopic (exact) mass is 432 g/mol. The number of nitrogens with one attached hydrogen (secondary N) is 1. The summed E-state index contributed by atoms with van der Waals surface area (Å²) in [6.07, 6.45) is 3.95. The molecule has 4 rings (SSSR count). The molecule has 2 aromatic rings. The molecule has 2 heterocycles. The van der Waals surface area contributed by atoms with E-state index in [-0.39, 0.29) is 18.2 Å². The molecule has 0 saturated carbocycles. The molecule has 4 unspecified atom stereocenters. The van der Waals surface area contributed by atoms with Crippen LogP contribution in [0.5, 0.6) is 0 Å². The van der Waals surface area contributed by atoms with E-state index in [0.29, 0.717) is 5.69 Å². The number of aliphatic carboxylic acids is 1. The summed E-state index contributed by atoms with van der Waals surface area (Å²) in [5, 5.41) is 13.5. The maximum atomic E-state index is 13.6. The molecule has 2 aromatic carbocycles. The highest BCUT2D eigenvalue weighted by atomic mass is 16.4. The van der Waals surface area contributed by atoms with Gasteiger partial charge in [0.05, 0.1) is 17.5 Å². The molecule has 6 heteroatoms. The molecule has 0 aliphatic carbocycles. The third-order valence-electron chi connectivity index (χ3n) is 6.46. The molecule has 2 aliphatic heterocycles. The summed E-state index contributed by atoms with van der Waals surface area (Å²) < 4.78 is 0. The highest BCUT2D eigenvalue weighted by Gasteiger charge is 2.68. The van der Waals surface area contributed by atoms with E-state index in [9.17, 15) is 19.5 Å². The second-order valence-corrected chi connectivity index (χ2v) is 9.12. The van der Waals surface area contributed by atoms with Crippen LogP contribution in [-0.2, 0) is 14.4 Å². The molecule has 2 N–H and O–H groups in total. The number of benzene rings is 2. The molecule has 0 aromatic heterocycles. The molecule has 4 atom stereocenters. The number of hydrogen-bond acceptors (Lipinski definition) is 4. The molecule has 0 radical (unpaired) electrons. The average Bonchev–Trinajstić information content (AvgIpc) is 3.22. The lowest BCUT2D eigenvalue weighted by atomic mass is 9.75. The molecular weight excluding hydrogens is 404 g/mol. The molecule has 2 amide bonds. The van der Waals surface area contributed by atoms with Crippen LogP contribution in [0.2, 0.25) is 0 Å². The zero-order valence-electron chi connectivity index (χ0n) is 18.5. The lowest BCUT2D eigenvalue weighted by molar-refractivity contribution is -0.149. The topological polar surface area (TPSA) is 86.7 Å². The van der Waals surface area contributed by atoms with E-state index in [1.807, 2.05) is 75.4 Å². The van der Waals surface area contributed by atoms with Gasteiger partial charge in [0.2, 0.25) is 11.8 Å². The van der Waals surface area contributed by atoms with Crippen molar-refractivity contribution in [1.82, 2.24) is 5.32 Å². The van der Waals surface area contributed by atoms with E-state index in [1.54, 1.807) is 12.1 Å². The minimum absolute atomic E-state index is 0.0199. The third-order valence-corrected chi connectivity index (χ3v) is 6.46. The SMILES string of the molecule is Cc1ccccc1N1C(=O)C2C(C=Cc3ccccc3)NC(CC(C)C)(C(=O)O)C2C1=O. The fraction of sp³-hybridized carbons (Fsp3) is 0.346. The summed E-state index contributed by atoms with van der Waals surface area (Å²) >= 11 is 0. The Balaban J connectivity index is 1.80. The number of fused-ring (bicyclic) bond motifs is 1. The Hall–Kier alpha value is -3.25. The fourth-order valence-corrected chi connectivity index (χ4v) is 5.16. The van der Waals surface area contributed by atoms with Crippen LogP contribution in [0.3, 0.4) is 0 Å². The first kappa shape index (κ1) is 22.0. The highest BCUT2D eigenvalue weighted by molar-refractivity contribution is 6.24. The summed E-state index contributed by atoms with van der Waals surface area (Å²) in [7, 11) is 0. The molecular formula is C26H28N2O4. The molecule has 2 aliphatic rings. The van der Waals surface area contributed by atoms with Crippen molar-refractivity contribution in [3.63, 3.8) is 0 Å². The van der Waals surface area contributed by atoms with Gasteiger partial charge in [-0.1, -0.05) is 74.5 Å². The van der Waals surface area contributed by atoms with Crippen LogP contribution in [-0.4, -0.2) is 34.5 Å². The van der Waals surface area contributed by atoms with Crippen molar-refractivity contribution in [3.05, 3.63) is 71.8 Å². The number of carboxylic acids is 1. The van der Waals surface area contributed by atoms with Crippen molar-refractivity contribution in [2.24, 2.45) is 17.8 Å². The van der Waals surface area contributed by atoms with E-state index in [2.05, 4.69) is 5.32 Å². The van der Waals surface area contributed by atoms with Crippen LogP contribution in [0.15, 0.2) is 60.7 Å². The summed E-state index contributed by atoms with van der Waals surface area (Å²) in [4.78, 5) is 41.1. The first-order chi connectivity index (χ1) is 15.3. The van der Waals surface area contributed by atoms with Gasteiger partial charge in [-0.15, -0.1) is 0 Å². The van der Waals surface area contributed by atoms with Crippen LogP contribution >= 0.6 is 0 Å². The Morgan fingerprint density at radius 3 is 2.38 bits per heavy atom. The second-order valence-electron chi connectivity index (χ2n) is 9.12. The molecule has 0 spiro atoms. The molecule has 32 heavy (non-hydrogen) atoms. The highest BCUT2D eigenvalue weighted by Crippen LogP contribution is 2.47. The van der Waals surface area contributed by atoms with E-state index >= 15 is 0 Å². The number of aryl methyl sites for hydroxylation is 1. The second kappa shape index (κ2) is 8.36.